The molecule has 0 bridgehead atoms. The Bertz CT molecular complexity index is 776. The summed E-state index contributed by atoms with van der Waals surface area (Å²) in [5, 5.41) is 0.426. The zero-order chi connectivity index (χ0) is 15.1. The Labute approximate surface area is 129 Å². The van der Waals surface area contributed by atoms with Crippen molar-refractivity contribution in [2.75, 3.05) is 4.90 Å². The number of hydrogen-bond acceptors (Lipinski definition) is 2. The molecule has 0 N–H and O–H groups in total. The summed E-state index contributed by atoms with van der Waals surface area (Å²) in [6.45, 7) is 0.0754. The van der Waals surface area contributed by atoms with Gasteiger partial charge in [-0.25, -0.2) is 4.39 Å². The Morgan fingerprint density at radius 3 is 2.52 bits per heavy atom. The van der Waals surface area contributed by atoms with Crippen molar-refractivity contribution in [3.8, 4) is 0 Å². The highest BCUT2D eigenvalue weighted by Crippen LogP contribution is 2.33. The lowest BCUT2D eigenvalue weighted by Crippen LogP contribution is -2.29. The first kappa shape index (κ1) is 14.0. The van der Waals surface area contributed by atoms with Crippen LogP contribution in [0.3, 0.4) is 0 Å². The molecule has 1 heterocycles. The fourth-order valence-electron chi connectivity index (χ4n) is 2.24. The number of halogens is 3. The van der Waals surface area contributed by atoms with Crippen molar-refractivity contribution in [3.63, 3.8) is 0 Å². The molecule has 1 aliphatic rings. The maximum atomic E-state index is 13.5. The molecule has 0 aliphatic carbocycles. The van der Waals surface area contributed by atoms with Crippen LogP contribution in [0.5, 0.6) is 0 Å². The maximum absolute atomic E-state index is 13.5. The van der Waals surface area contributed by atoms with Gasteiger partial charge in [0.2, 0.25) is 0 Å². The van der Waals surface area contributed by atoms with Crippen molar-refractivity contribution in [2.24, 2.45) is 0 Å². The number of rotatable bonds is 2. The first-order valence-electron chi connectivity index (χ1n) is 6.07. The molecule has 3 rings (SSSR count). The molecule has 1 amide bonds. The molecule has 2 aromatic carbocycles. The fraction of sp³-hybridized carbons (Fsp3) is 0.0667. The maximum Gasteiger partial charge on any atom is 0.299 e. The van der Waals surface area contributed by atoms with Gasteiger partial charge < -0.3 is 4.90 Å². The van der Waals surface area contributed by atoms with E-state index in [0.29, 0.717) is 21.8 Å². The lowest BCUT2D eigenvalue weighted by molar-refractivity contribution is -0.114. The summed E-state index contributed by atoms with van der Waals surface area (Å²) in [5.41, 5.74) is 1.28. The SMILES string of the molecule is O=C1C(=O)N(Cc2ccc(Cl)c(F)c2)c2cc(Cl)ccc21. The van der Waals surface area contributed by atoms with Crippen LogP contribution in [0.1, 0.15) is 15.9 Å². The smallest absolute Gasteiger partial charge is 0.299 e. The summed E-state index contributed by atoms with van der Waals surface area (Å²) in [5.74, 6) is -1.81. The third-order valence-electron chi connectivity index (χ3n) is 3.26. The van der Waals surface area contributed by atoms with Crippen LogP contribution in [0, 0.1) is 5.82 Å². The van der Waals surface area contributed by atoms with E-state index in [0.717, 1.165) is 0 Å². The Hall–Kier alpha value is -1.91. The van der Waals surface area contributed by atoms with Gasteiger partial charge in [-0.3, -0.25) is 9.59 Å². The standard InChI is InChI=1S/C15H8Cl2FNO2/c16-9-2-3-10-13(6-9)19(15(21)14(10)20)7-8-1-4-11(17)12(18)5-8/h1-6H,7H2. The second-order valence-corrected chi connectivity index (χ2v) is 5.47. The van der Waals surface area contributed by atoms with Crippen LogP contribution in [0.2, 0.25) is 10.0 Å². The molecular weight excluding hydrogens is 316 g/mol. The highest BCUT2D eigenvalue weighted by Gasteiger charge is 2.35. The predicted octanol–water partition coefficient (Wildman–Crippen LogP) is 3.86. The van der Waals surface area contributed by atoms with E-state index < -0.39 is 17.5 Å². The molecule has 0 spiro atoms. The normalized spacial score (nSPS) is 13.8. The summed E-state index contributed by atoms with van der Waals surface area (Å²) < 4.78 is 13.5. The third-order valence-corrected chi connectivity index (χ3v) is 3.80. The second-order valence-electron chi connectivity index (χ2n) is 4.63. The van der Waals surface area contributed by atoms with E-state index in [2.05, 4.69) is 0 Å². The van der Waals surface area contributed by atoms with E-state index in [4.69, 9.17) is 23.2 Å². The molecule has 106 valence electrons. The summed E-state index contributed by atoms with van der Waals surface area (Å²) in [6.07, 6.45) is 0. The van der Waals surface area contributed by atoms with Gasteiger partial charge in [-0.2, -0.15) is 0 Å². The molecule has 0 saturated heterocycles. The van der Waals surface area contributed by atoms with E-state index in [1.807, 2.05) is 0 Å². The number of ketones is 1. The summed E-state index contributed by atoms with van der Waals surface area (Å²) in [4.78, 5) is 25.2. The van der Waals surface area contributed by atoms with Gasteiger partial charge in [0.15, 0.2) is 0 Å². The van der Waals surface area contributed by atoms with Gasteiger partial charge in [-0.05, 0) is 35.9 Å². The highest BCUT2D eigenvalue weighted by atomic mass is 35.5. The molecular formula is C15H8Cl2FNO2. The third kappa shape index (κ3) is 2.41. The Morgan fingerprint density at radius 1 is 1.05 bits per heavy atom. The fourth-order valence-corrected chi connectivity index (χ4v) is 2.53. The number of anilines is 1. The summed E-state index contributed by atoms with van der Waals surface area (Å²) in [6, 6.07) is 8.87. The van der Waals surface area contributed by atoms with Gasteiger partial charge in [0, 0.05) is 5.02 Å². The van der Waals surface area contributed by atoms with E-state index in [1.54, 1.807) is 18.2 Å². The van der Waals surface area contributed by atoms with E-state index in [-0.39, 0.29) is 11.6 Å². The number of fused-ring (bicyclic) bond motifs is 1. The summed E-state index contributed by atoms with van der Waals surface area (Å²) in [7, 11) is 0. The van der Waals surface area contributed by atoms with E-state index in [1.165, 1.54) is 23.1 Å². The minimum Gasteiger partial charge on any atom is -0.300 e. The Morgan fingerprint density at radius 2 is 1.81 bits per heavy atom. The van der Waals surface area contributed by atoms with Gasteiger partial charge in [-0.1, -0.05) is 29.3 Å². The van der Waals surface area contributed by atoms with Gasteiger partial charge in [0.25, 0.3) is 11.7 Å². The highest BCUT2D eigenvalue weighted by molar-refractivity contribution is 6.52. The zero-order valence-corrected chi connectivity index (χ0v) is 12.1. The predicted molar refractivity (Wildman–Crippen MR) is 78.4 cm³/mol. The number of Topliss-reactive ketones (excluding diaryl/α,β-unsaturated/α-hetero) is 1. The topological polar surface area (TPSA) is 37.4 Å². The lowest BCUT2D eigenvalue weighted by Gasteiger charge is -2.17. The number of nitrogens with zero attached hydrogens (tertiary/aromatic N) is 1. The molecule has 0 atom stereocenters. The monoisotopic (exact) mass is 323 g/mol. The second kappa shape index (κ2) is 5.13. The van der Waals surface area contributed by atoms with E-state index >= 15 is 0 Å². The largest absolute Gasteiger partial charge is 0.300 e. The number of carbonyl (C=O) groups is 2. The van der Waals surface area contributed by atoms with Gasteiger partial charge >= 0.3 is 0 Å². The quantitative estimate of drug-likeness (QED) is 0.787. The van der Waals surface area contributed by atoms with Gasteiger partial charge in [0.1, 0.15) is 5.82 Å². The Balaban J connectivity index is 1.99. The van der Waals surface area contributed by atoms with Crippen LogP contribution < -0.4 is 4.90 Å². The van der Waals surface area contributed by atoms with Crippen molar-refractivity contribution >= 4 is 40.6 Å². The van der Waals surface area contributed by atoms with Crippen LogP contribution in [-0.2, 0) is 11.3 Å². The number of hydrogen-bond donors (Lipinski definition) is 0. The molecule has 1 aliphatic heterocycles. The van der Waals surface area contributed by atoms with Crippen molar-refractivity contribution < 1.29 is 14.0 Å². The Kier molecular flexibility index (Phi) is 3.43. The zero-order valence-electron chi connectivity index (χ0n) is 10.6. The molecule has 0 aromatic heterocycles. The van der Waals surface area contributed by atoms with Crippen LogP contribution in [0.15, 0.2) is 36.4 Å². The van der Waals surface area contributed by atoms with Crippen LogP contribution in [0.4, 0.5) is 10.1 Å². The minimum absolute atomic E-state index is 0.00557. The molecule has 21 heavy (non-hydrogen) atoms. The first-order valence-corrected chi connectivity index (χ1v) is 6.82. The van der Waals surface area contributed by atoms with Crippen molar-refractivity contribution in [1.82, 2.24) is 0 Å². The van der Waals surface area contributed by atoms with Crippen molar-refractivity contribution in [2.45, 2.75) is 6.54 Å². The molecule has 0 radical (unpaired) electrons. The average molecular weight is 324 g/mol. The molecule has 0 saturated carbocycles. The molecule has 3 nitrogen and oxygen atoms in total. The lowest BCUT2D eigenvalue weighted by atomic mass is 10.1. The number of amides is 1. The molecule has 2 aromatic rings. The summed E-state index contributed by atoms with van der Waals surface area (Å²) >= 11 is 11.5. The van der Waals surface area contributed by atoms with Crippen molar-refractivity contribution in [3.05, 3.63) is 63.4 Å². The minimum atomic E-state index is -0.650. The average Bonchev–Trinajstić information content (AvgIpc) is 2.68. The van der Waals surface area contributed by atoms with Crippen LogP contribution in [-0.4, -0.2) is 11.7 Å². The van der Waals surface area contributed by atoms with Crippen LogP contribution in [0.25, 0.3) is 0 Å². The molecule has 0 fully saturated rings. The molecule has 0 unspecified atom stereocenters. The number of benzene rings is 2. The van der Waals surface area contributed by atoms with E-state index in [9.17, 15) is 14.0 Å². The van der Waals surface area contributed by atoms with Gasteiger partial charge in [-0.15, -0.1) is 0 Å². The van der Waals surface area contributed by atoms with Crippen LogP contribution >= 0.6 is 23.2 Å². The van der Waals surface area contributed by atoms with Gasteiger partial charge in [0.05, 0.1) is 22.8 Å². The number of carbonyl (C=O) groups excluding carboxylic acids is 2. The molecule has 6 heteroatoms. The van der Waals surface area contributed by atoms with Crippen molar-refractivity contribution in [1.29, 1.82) is 0 Å². The first-order chi connectivity index (χ1) is 9.97.